The van der Waals surface area contributed by atoms with Gasteiger partial charge >= 0.3 is 0 Å². The fourth-order valence-electron chi connectivity index (χ4n) is 3.42. The van der Waals surface area contributed by atoms with E-state index in [9.17, 15) is 9.90 Å². The van der Waals surface area contributed by atoms with Crippen LogP contribution in [0.3, 0.4) is 0 Å². The first-order valence-electron chi connectivity index (χ1n) is 8.79. The van der Waals surface area contributed by atoms with Gasteiger partial charge in [-0.15, -0.1) is 0 Å². The summed E-state index contributed by atoms with van der Waals surface area (Å²) in [6, 6.07) is 12.2. The molecule has 1 amide bonds. The van der Waals surface area contributed by atoms with Crippen LogP contribution in [0, 0.1) is 12.8 Å². The maximum atomic E-state index is 12.5. The van der Waals surface area contributed by atoms with Crippen molar-refractivity contribution in [2.75, 3.05) is 6.54 Å². The standard InChI is InChI=1S/C20H26N2O2/c1-15-19(11-12-22(15)14-17-5-3-2-4-6-17)20(24)21-13-16-7-9-18(23)10-8-16/h2-6,11-12,16,18,23H,7-10,13-14H2,1H3,(H,21,24). The summed E-state index contributed by atoms with van der Waals surface area (Å²) in [5.74, 6) is 0.495. The molecule has 0 spiro atoms. The van der Waals surface area contributed by atoms with Crippen molar-refractivity contribution >= 4 is 5.91 Å². The minimum Gasteiger partial charge on any atom is -0.393 e. The van der Waals surface area contributed by atoms with E-state index in [0.717, 1.165) is 43.5 Å². The number of aromatic nitrogens is 1. The van der Waals surface area contributed by atoms with Crippen LogP contribution in [0.2, 0.25) is 0 Å². The first-order chi connectivity index (χ1) is 11.6. The normalized spacial score (nSPS) is 20.8. The van der Waals surface area contributed by atoms with Gasteiger partial charge in [0.15, 0.2) is 0 Å². The number of benzene rings is 1. The molecule has 1 saturated carbocycles. The lowest BCUT2D eigenvalue weighted by Crippen LogP contribution is -2.32. The Morgan fingerprint density at radius 3 is 2.58 bits per heavy atom. The highest BCUT2D eigenvalue weighted by Gasteiger charge is 2.20. The minimum absolute atomic E-state index is 0.00503. The molecule has 0 unspecified atom stereocenters. The smallest absolute Gasteiger partial charge is 0.253 e. The summed E-state index contributed by atoms with van der Waals surface area (Å²) in [5.41, 5.74) is 2.97. The SMILES string of the molecule is Cc1c(C(=O)NCC2CCC(O)CC2)ccn1Cc1ccccc1. The van der Waals surface area contributed by atoms with Gasteiger partial charge < -0.3 is 15.0 Å². The molecule has 1 heterocycles. The molecule has 4 nitrogen and oxygen atoms in total. The Morgan fingerprint density at radius 2 is 1.88 bits per heavy atom. The second-order valence-electron chi connectivity index (χ2n) is 6.81. The molecule has 1 aromatic carbocycles. The van der Waals surface area contributed by atoms with E-state index in [1.54, 1.807) is 0 Å². The number of hydrogen-bond acceptors (Lipinski definition) is 2. The monoisotopic (exact) mass is 326 g/mol. The third-order valence-electron chi connectivity index (χ3n) is 5.05. The molecule has 0 aliphatic heterocycles. The Balaban J connectivity index is 1.57. The van der Waals surface area contributed by atoms with Crippen LogP contribution >= 0.6 is 0 Å². The molecule has 128 valence electrons. The summed E-state index contributed by atoms with van der Waals surface area (Å²) in [4.78, 5) is 12.5. The Kier molecular flexibility index (Phi) is 5.36. The zero-order valence-corrected chi connectivity index (χ0v) is 14.2. The highest BCUT2D eigenvalue weighted by atomic mass is 16.3. The molecule has 1 aromatic heterocycles. The van der Waals surface area contributed by atoms with Crippen LogP contribution in [0.15, 0.2) is 42.6 Å². The second kappa shape index (κ2) is 7.67. The number of rotatable bonds is 5. The molecular formula is C20H26N2O2. The van der Waals surface area contributed by atoms with E-state index in [1.165, 1.54) is 5.56 Å². The molecular weight excluding hydrogens is 300 g/mol. The van der Waals surface area contributed by atoms with Gasteiger partial charge in [-0.1, -0.05) is 30.3 Å². The van der Waals surface area contributed by atoms with Crippen molar-refractivity contribution in [3.05, 3.63) is 59.4 Å². The summed E-state index contributed by atoms with van der Waals surface area (Å²) < 4.78 is 2.11. The highest BCUT2D eigenvalue weighted by molar-refractivity contribution is 5.95. The average Bonchev–Trinajstić information content (AvgIpc) is 2.96. The number of nitrogens with one attached hydrogen (secondary N) is 1. The predicted octanol–water partition coefficient (Wildman–Crippen LogP) is 3.13. The van der Waals surface area contributed by atoms with Crippen LogP contribution in [0.25, 0.3) is 0 Å². The molecule has 1 fully saturated rings. The van der Waals surface area contributed by atoms with E-state index in [-0.39, 0.29) is 12.0 Å². The number of carbonyl (C=O) groups excluding carboxylic acids is 1. The van der Waals surface area contributed by atoms with E-state index in [1.807, 2.05) is 37.4 Å². The number of hydrogen-bond donors (Lipinski definition) is 2. The van der Waals surface area contributed by atoms with Gasteiger partial charge in [0.1, 0.15) is 0 Å². The van der Waals surface area contributed by atoms with Gasteiger partial charge in [-0.2, -0.15) is 0 Å². The van der Waals surface area contributed by atoms with Crippen molar-refractivity contribution in [3.63, 3.8) is 0 Å². The van der Waals surface area contributed by atoms with Crippen molar-refractivity contribution in [1.29, 1.82) is 0 Å². The number of aliphatic hydroxyl groups excluding tert-OH is 1. The van der Waals surface area contributed by atoms with E-state index in [2.05, 4.69) is 22.0 Å². The quantitative estimate of drug-likeness (QED) is 0.887. The van der Waals surface area contributed by atoms with Crippen LogP contribution in [-0.4, -0.2) is 28.2 Å². The Bertz CT molecular complexity index is 670. The summed E-state index contributed by atoms with van der Waals surface area (Å²) in [6.45, 7) is 3.48. The predicted molar refractivity (Wildman–Crippen MR) is 95.0 cm³/mol. The summed E-state index contributed by atoms with van der Waals surface area (Å²) in [5, 5.41) is 12.6. The molecule has 1 aliphatic carbocycles. The molecule has 0 atom stereocenters. The topological polar surface area (TPSA) is 54.3 Å². The lowest BCUT2D eigenvalue weighted by Gasteiger charge is -2.25. The first kappa shape index (κ1) is 16.8. The molecule has 0 radical (unpaired) electrons. The lowest BCUT2D eigenvalue weighted by atomic mass is 9.87. The van der Waals surface area contributed by atoms with Crippen molar-refractivity contribution < 1.29 is 9.90 Å². The van der Waals surface area contributed by atoms with Gasteiger partial charge in [0.25, 0.3) is 5.91 Å². The molecule has 1 aliphatic rings. The van der Waals surface area contributed by atoms with Crippen LogP contribution in [-0.2, 0) is 6.54 Å². The summed E-state index contributed by atoms with van der Waals surface area (Å²) in [6.07, 6.45) is 5.53. The van der Waals surface area contributed by atoms with Crippen LogP contribution in [0.5, 0.6) is 0 Å². The fraction of sp³-hybridized carbons (Fsp3) is 0.450. The number of carbonyl (C=O) groups is 1. The molecule has 0 saturated heterocycles. The maximum Gasteiger partial charge on any atom is 0.253 e. The second-order valence-corrected chi connectivity index (χ2v) is 6.81. The van der Waals surface area contributed by atoms with E-state index in [0.29, 0.717) is 12.5 Å². The molecule has 2 aromatic rings. The summed E-state index contributed by atoms with van der Waals surface area (Å²) >= 11 is 0. The van der Waals surface area contributed by atoms with Gasteiger partial charge in [-0.25, -0.2) is 0 Å². The highest BCUT2D eigenvalue weighted by Crippen LogP contribution is 2.23. The lowest BCUT2D eigenvalue weighted by molar-refractivity contribution is 0.0909. The molecule has 2 N–H and O–H groups in total. The van der Waals surface area contributed by atoms with Gasteiger partial charge in [0, 0.05) is 25.0 Å². The zero-order chi connectivity index (χ0) is 16.9. The van der Waals surface area contributed by atoms with E-state index >= 15 is 0 Å². The average molecular weight is 326 g/mol. The largest absolute Gasteiger partial charge is 0.393 e. The Labute approximate surface area is 143 Å². The summed E-state index contributed by atoms with van der Waals surface area (Å²) in [7, 11) is 0. The molecule has 4 heteroatoms. The van der Waals surface area contributed by atoms with E-state index in [4.69, 9.17) is 0 Å². The van der Waals surface area contributed by atoms with Crippen molar-refractivity contribution in [3.8, 4) is 0 Å². The van der Waals surface area contributed by atoms with Crippen molar-refractivity contribution in [2.24, 2.45) is 5.92 Å². The van der Waals surface area contributed by atoms with Gasteiger partial charge in [-0.3, -0.25) is 4.79 Å². The zero-order valence-electron chi connectivity index (χ0n) is 14.2. The molecule has 24 heavy (non-hydrogen) atoms. The van der Waals surface area contributed by atoms with Crippen LogP contribution in [0.4, 0.5) is 0 Å². The molecule has 0 bridgehead atoms. The maximum absolute atomic E-state index is 12.5. The number of amides is 1. The number of nitrogens with zero attached hydrogens (tertiary/aromatic N) is 1. The van der Waals surface area contributed by atoms with Gasteiger partial charge in [-0.05, 0) is 50.2 Å². The minimum atomic E-state index is -0.147. The van der Waals surface area contributed by atoms with Crippen LogP contribution < -0.4 is 5.32 Å². The van der Waals surface area contributed by atoms with Crippen molar-refractivity contribution in [2.45, 2.75) is 45.3 Å². The molecule has 3 rings (SSSR count). The Morgan fingerprint density at radius 1 is 1.17 bits per heavy atom. The van der Waals surface area contributed by atoms with Gasteiger partial charge in [0.2, 0.25) is 0 Å². The van der Waals surface area contributed by atoms with E-state index < -0.39 is 0 Å². The van der Waals surface area contributed by atoms with Gasteiger partial charge in [0.05, 0.1) is 11.7 Å². The third kappa shape index (κ3) is 4.06. The Hall–Kier alpha value is -2.07. The number of aliphatic hydroxyl groups is 1. The van der Waals surface area contributed by atoms with Crippen molar-refractivity contribution in [1.82, 2.24) is 9.88 Å². The van der Waals surface area contributed by atoms with Crippen LogP contribution in [0.1, 0.15) is 47.3 Å². The first-order valence-corrected chi connectivity index (χ1v) is 8.79. The fourth-order valence-corrected chi connectivity index (χ4v) is 3.42. The third-order valence-corrected chi connectivity index (χ3v) is 5.05.